The molecule has 3 heterocycles. The van der Waals surface area contributed by atoms with E-state index in [-0.39, 0.29) is 17.9 Å². The molecule has 1 atom stereocenters. The van der Waals surface area contributed by atoms with Gasteiger partial charge in [-0.2, -0.15) is 0 Å². The van der Waals surface area contributed by atoms with Gasteiger partial charge in [-0.1, -0.05) is 6.07 Å². The van der Waals surface area contributed by atoms with Crippen molar-refractivity contribution in [1.29, 1.82) is 0 Å². The Bertz CT molecular complexity index is 831. The van der Waals surface area contributed by atoms with Crippen LogP contribution in [0, 0.1) is 0 Å². The van der Waals surface area contributed by atoms with Gasteiger partial charge in [0.1, 0.15) is 11.9 Å². The first-order chi connectivity index (χ1) is 12.6. The van der Waals surface area contributed by atoms with Crippen LogP contribution in [0.25, 0.3) is 0 Å². The average molecular weight is 353 g/mol. The van der Waals surface area contributed by atoms with Crippen LogP contribution in [0.15, 0.2) is 36.7 Å². The summed E-state index contributed by atoms with van der Waals surface area (Å²) < 4.78 is 1.96. The zero-order valence-corrected chi connectivity index (χ0v) is 14.9. The Kier molecular flexibility index (Phi) is 4.46. The lowest BCUT2D eigenvalue weighted by Crippen LogP contribution is -2.49. The molecule has 0 aliphatic carbocycles. The lowest BCUT2D eigenvalue weighted by atomic mass is 10.1. The molecular formula is C19H23N5O2. The van der Waals surface area contributed by atoms with Crippen molar-refractivity contribution in [2.75, 3.05) is 31.1 Å². The summed E-state index contributed by atoms with van der Waals surface area (Å²) in [7, 11) is 1.94. The van der Waals surface area contributed by atoms with Crippen molar-refractivity contribution in [3.63, 3.8) is 0 Å². The summed E-state index contributed by atoms with van der Waals surface area (Å²) in [6.07, 6.45) is 5.10. The van der Waals surface area contributed by atoms with Crippen molar-refractivity contribution >= 4 is 17.5 Å². The van der Waals surface area contributed by atoms with Gasteiger partial charge in [0.2, 0.25) is 5.91 Å². The first-order valence-corrected chi connectivity index (χ1v) is 9.04. The average Bonchev–Trinajstić information content (AvgIpc) is 3.29. The van der Waals surface area contributed by atoms with Crippen molar-refractivity contribution in [2.45, 2.75) is 18.9 Å². The van der Waals surface area contributed by atoms with Gasteiger partial charge in [-0.3, -0.25) is 9.59 Å². The number of anilines is 1. The van der Waals surface area contributed by atoms with Gasteiger partial charge in [0.05, 0.1) is 0 Å². The molecule has 1 N–H and O–H groups in total. The molecule has 1 unspecified atom stereocenters. The maximum atomic E-state index is 13.2. The highest BCUT2D eigenvalue weighted by atomic mass is 16.2. The third-order valence-corrected chi connectivity index (χ3v) is 5.14. The zero-order chi connectivity index (χ0) is 18.1. The molecule has 1 aromatic heterocycles. The van der Waals surface area contributed by atoms with Crippen LogP contribution in [-0.2, 0) is 11.8 Å². The molecule has 136 valence electrons. The van der Waals surface area contributed by atoms with Gasteiger partial charge in [-0.25, -0.2) is 4.98 Å². The van der Waals surface area contributed by atoms with Crippen LogP contribution >= 0.6 is 0 Å². The van der Waals surface area contributed by atoms with E-state index in [0.717, 1.165) is 31.0 Å². The van der Waals surface area contributed by atoms with E-state index in [4.69, 9.17) is 0 Å². The number of carbonyl (C=O) groups is 2. The minimum atomic E-state index is -0.103. The van der Waals surface area contributed by atoms with E-state index in [2.05, 4.69) is 10.3 Å². The van der Waals surface area contributed by atoms with Gasteiger partial charge < -0.3 is 19.7 Å². The van der Waals surface area contributed by atoms with Gasteiger partial charge in [0, 0.05) is 63.3 Å². The number of rotatable bonds is 3. The third-order valence-electron chi connectivity index (χ3n) is 5.14. The van der Waals surface area contributed by atoms with Crippen LogP contribution in [0.3, 0.4) is 0 Å². The molecule has 0 saturated carbocycles. The van der Waals surface area contributed by atoms with E-state index in [9.17, 15) is 9.59 Å². The van der Waals surface area contributed by atoms with Crippen LogP contribution in [-0.4, -0.2) is 52.4 Å². The van der Waals surface area contributed by atoms with Gasteiger partial charge in [0.15, 0.2) is 0 Å². The van der Waals surface area contributed by atoms with Crippen LogP contribution < -0.4 is 10.2 Å². The SMILES string of the molecule is Cn1ccnc1C1CNCCN1C(=O)c1cccc(N2CCCC2=O)c1. The quantitative estimate of drug-likeness (QED) is 0.904. The largest absolute Gasteiger partial charge is 0.336 e. The Hall–Kier alpha value is -2.67. The Balaban J connectivity index is 1.61. The predicted molar refractivity (Wildman–Crippen MR) is 97.9 cm³/mol. The number of carbonyl (C=O) groups excluding carboxylic acids is 2. The van der Waals surface area contributed by atoms with Crippen LogP contribution in [0.2, 0.25) is 0 Å². The summed E-state index contributed by atoms with van der Waals surface area (Å²) in [4.78, 5) is 33.3. The number of nitrogens with one attached hydrogen (secondary N) is 1. The molecule has 2 aliphatic heterocycles. The Labute approximate surface area is 152 Å². The molecule has 0 bridgehead atoms. The molecule has 26 heavy (non-hydrogen) atoms. The number of aromatic nitrogens is 2. The molecule has 4 rings (SSSR count). The molecule has 7 nitrogen and oxygen atoms in total. The number of benzene rings is 1. The molecule has 0 spiro atoms. The minimum Gasteiger partial charge on any atom is -0.336 e. The van der Waals surface area contributed by atoms with E-state index in [1.165, 1.54) is 0 Å². The highest BCUT2D eigenvalue weighted by Gasteiger charge is 2.31. The lowest BCUT2D eigenvalue weighted by molar-refractivity contribution is -0.117. The molecule has 0 radical (unpaired) electrons. The van der Waals surface area contributed by atoms with Crippen LogP contribution in [0.4, 0.5) is 5.69 Å². The summed E-state index contributed by atoms with van der Waals surface area (Å²) in [5, 5.41) is 3.35. The monoisotopic (exact) mass is 353 g/mol. The highest BCUT2D eigenvalue weighted by molar-refractivity contribution is 5.99. The van der Waals surface area contributed by atoms with Gasteiger partial charge in [-0.05, 0) is 24.6 Å². The standard InChI is InChI=1S/C19H23N5O2/c1-22-10-8-21-18(22)16-13-20-7-11-24(16)19(26)14-4-2-5-15(12-14)23-9-3-6-17(23)25/h2,4-5,8,10,12,16,20H,3,6-7,9,11,13H2,1H3. The summed E-state index contributed by atoms with van der Waals surface area (Å²) in [5.74, 6) is 0.979. The second-order valence-electron chi connectivity index (χ2n) is 6.81. The molecule has 2 saturated heterocycles. The maximum Gasteiger partial charge on any atom is 0.254 e. The number of imidazole rings is 1. The molecule has 2 aromatic rings. The second-order valence-corrected chi connectivity index (χ2v) is 6.81. The van der Waals surface area contributed by atoms with Gasteiger partial charge in [0.25, 0.3) is 5.91 Å². The summed E-state index contributed by atoms with van der Waals surface area (Å²) in [6, 6.07) is 7.31. The summed E-state index contributed by atoms with van der Waals surface area (Å²) >= 11 is 0. The number of nitrogens with zero attached hydrogens (tertiary/aromatic N) is 4. The Morgan fingerprint density at radius 2 is 2.19 bits per heavy atom. The first kappa shape index (κ1) is 16.8. The van der Waals surface area contributed by atoms with Crippen molar-refractivity contribution in [3.05, 3.63) is 48.0 Å². The van der Waals surface area contributed by atoms with Crippen LogP contribution in [0.5, 0.6) is 0 Å². The number of piperazine rings is 1. The highest BCUT2D eigenvalue weighted by Crippen LogP contribution is 2.26. The zero-order valence-electron chi connectivity index (χ0n) is 14.9. The van der Waals surface area contributed by atoms with Crippen molar-refractivity contribution in [3.8, 4) is 0 Å². The van der Waals surface area contributed by atoms with Crippen molar-refractivity contribution in [2.24, 2.45) is 7.05 Å². The van der Waals surface area contributed by atoms with Crippen molar-refractivity contribution in [1.82, 2.24) is 19.8 Å². The first-order valence-electron chi connectivity index (χ1n) is 9.04. The number of hydrogen-bond donors (Lipinski definition) is 1. The fourth-order valence-electron chi connectivity index (χ4n) is 3.77. The van der Waals surface area contributed by atoms with E-state index in [0.29, 0.717) is 25.1 Å². The number of aryl methyl sites for hydroxylation is 1. The van der Waals surface area contributed by atoms with Crippen molar-refractivity contribution < 1.29 is 9.59 Å². The molecule has 2 fully saturated rings. The maximum absolute atomic E-state index is 13.2. The Morgan fingerprint density at radius 1 is 1.31 bits per heavy atom. The number of amides is 2. The molecule has 1 aromatic carbocycles. The third kappa shape index (κ3) is 2.99. The molecule has 2 amide bonds. The lowest BCUT2D eigenvalue weighted by Gasteiger charge is -2.36. The van der Waals surface area contributed by atoms with E-state index >= 15 is 0 Å². The Morgan fingerprint density at radius 3 is 2.92 bits per heavy atom. The molecule has 7 heteroatoms. The summed E-state index contributed by atoms with van der Waals surface area (Å²) in [5.41, 5.74) is 1.42. The van der Waals surface area contributed by atoms with E-state index in [1.54, 1.807) is 11.1 Å². The van der Waals surface area contributed by atoms with E-state index in [1.807, 2.05) is 47.0 Å². The smallest absolute Gasteiger partial charge is 0.254 e. The van der Waals surface area contributed by atoms with Gasteiger partial charge in [-0.15, -0.1) is 0 Å². The topological polar surface area (TPSA) is 70.5 Å². The van der Waals surface area contributed by atoms with Crippen LogP contribution in [0.1, 0.15) is 35.1 Å². The van der Waals surface area contributed by atoms with Gasteiger partial charge >= 0.3 is 0 Å². The molecule has 2 aliphatic rings. The fraction of sp³-hybridized carbons (Fsp3) is 0.421. The molecular weight excluding hydrogens is 330 g/mol. The predicted octanol–water partition coefficient (Wildman–Crippen LogP) is 1.33. The fourth-order valence-corrected chi connectivity index (χ4v) is 3.77. The second kappa shape index (κ2) is 6.92. The summed E-state index contributed by atoms with van der Waals surface area (Å²) in [6.45, 7) is 2.79. The minimum absolute atomic E-state index is 0.0204. The van der Waals surface area contributed by atoms with E-state index < -0.39 is 0 Å². The normalized spacial score (nSPS) is 20.7. The number of hydrogen-bond acceptors (Lipinski definition) is 4.